The van der Waals surface area contributed by atoms with Gasteiger partial charge in [0.1, 0.15) is 6.61 Å². The smallest absolute Gasteiger partial charge is 0.251 e. The number of benzene rings is 4. The Bertz CT molecular complexity index is 1890. The molecular formula is C43H49N3O9. The molecule has 4 aromatic rings. The molecule has 2 N–H and O–H groups in total. The van der Waals surface area contributed by atoms with Crippen LogP contribution in [0, 0.1) is 5.92 Å². The maximum absolute atomic E-state index is 14.2. The van der Waals surface area contributed by atoms with Gasteiger partial charge in [-0.15, -0.1) is 0 Å². The number of hydrogen-bond donors (Lipinski definition) is 2. The number of likely N-dealkylation sites (tertiary alicyclic amines) is 1. The summed E-state index contributed by atoms with van der Waals surface area (Å²) in [7, 11) is 2.99. The normalized spacial score (nSPS) is 14.8. The van der Waals surface area contributed by atoms with Crippen molar-refractivity contribution in [3.8, 4) is 28.7 Å². The molecule has 0 saturated carbocycles. The predicted molar refractivity (Wildman–Crippen MR) is 206 cm³/mol. The minimum absolute atomic E-state index is 0.00919. The standard InChI is InChI=1S/C43H49N3O9/c1-29(47)45-20-17-33(18-21-45)43(50)46(19-16-31-14-15-37-38(23-31)55-28-54-37)26-36(48)35(22-30-10-6-4-7-11-30)44-42(49)34-24-39(51-2)41(40(25-34)52-3)53-27-32-12-8-5-9-13-32/h4-15,23-25,33,35-36,48H,16-22,26-28H2,1-3H3,(H,44,49). The molecule has 4 aromatic carbocycles. The van der Waals surface area contributed by atoms with Crippen molar-refractivity contribution in [1.82, 2.24) is 15.1 Å². The van der Waals surface area contributed by atoms with Gasteiger partial charge in [-0.05, 0) is 66.6 Å². The lowest BCUT2D eigenvalue weighted by molar-refractivity contribution is -0.141. The summed E-state index contributed by atoms with van der Waals surface area (Å²) in [5, 5.41) is 15.0. The van der Waals surface area contributed by atoms with Crippen LogP contribution in [0.1, 0.15) is 46.8 Å². The molecule has 2 aliphatic rings. The number of rotatable bonds is 16. The molecule has 0 radical (unpaired) electrons. The van der Waals surface area contributed by atoms with Gasteiger partial charge in [0.2, 0.25) is 24.4 Å². The van der Waals surface area contributed by atoms with Gasteiger partial charge in [-0.25, -0.2) is 0 Å². The zero-order valence-corrected chi connectivity index (χ0v) is 31.6. The third-order valence-electron chi connectivity index (χ3n) is 10.1. The molecule has 0 bridgehead atoms. The maximum Gasteiger partial charge on any atom is 0.251 e. The molecule has 1 fully saturated rings. The van der Waals surface area contributed by atoms with Gasteiger partial charge in [-0.1, -0.05) is 66.7 Å². The summed E-state index contributed by atoms with van der Waals surface area (Å²) in [6.07, 6.45) is 0.748. The number of carbonyl (C=O) groups is 3. The van der Waals surface area contributed by atoms with Crippen LogP contribution in [-0.2, 0) is 29.0 Å². The molecule has 2 unspecified atom stereocenters. The van der Waals surface area contributed by atoms with E-state index < -0.39 is 18.1 Å². The Kier molecular flexibility index (Phi) is 13.1. The Morgan fingerprint density at radius 3 is 2.13 bits per heavy atom. The van der Waals surface area contributed by atoms with Gasteiger partial charge in [-0.3, -0.25) is 14.4 Å². The van der Waals surface area contributed by atoms with Crippen LogP contribution in [0.4, 0.5) is 0 Å². The molecule has 2 aliphatic heterocycles. The summed E-state index contributed by atoms with van der Waals surface area (Å²) in [6.45, 7) is 3.27. The number of fused-ring (bicyclic) bond motifs is 1. The first-order valence-corrected chi connectivity index (χ1v) is 18.6. The molecule has 2 heterocycles. The van der Waals surface area contributed by atoms with E-state index in [2.05, 4.69) is 5.32 Å². The summed E-state index contributed by atoms with van der Waals surface area (Å²) >= 11 is 0. The van der Waals surface area contributed by atoms with Crippen LogP contribution in [-0.4, -0.2) is 92.0 Å². The molecular weight excluding hydrogens is 702 g/mol. The summed E-state index contributed by atoms with van der Waals surface area (Å²) in [6, 6.07) is 27.3. The average Bonchev–Trinajstić information content (AvgIpc) is 3.69. The first-order chi connectivity index (χ1) is 26.7. The van der Waals surface area contributed by atoms with E-state index in [1.54, 1.807) is 21.9 Å². The van der Waals surface area contributed by atoms with E-state index in [0.717, 1.165) is 16.7 Å². The van der Waals surface area contributed by atoms with Crippen molar-refractivity contribution >= 4 is 17.7 Å². The van der Waals surface area contributed by atoms with Gasteiger partial charge in [0, 0.05) is 44.6 Å². The number of aliphatic hydroxyl groups is 1. The molecule has 0 spiro atoms. The molecule has 3 amide bonds. The van der Waals surface area contributed by atoms with Crippen molar-refractivity contribution in [2.24, 2.45) is 5.92 Å². The van der Waals surface area contributed by atoms with Gasteiger partial charge in [0.25, 0.3) is 5.91 Å². The van der Waals surface area contributed by atoms with E-state index in [1.165, 1.54) is 21.1 Å². The SMILES string of the molecule is COc1cc(C(=O)NC(Cc2ccccc2)C(O)CN(CCc2ccc3c(c2)OCO3)C(=O)C2CCN(C(C)=O)CC2)cc(OC)c1OCc1ccccc1. The lowest BCUT2D eigenvalue weighted by atomic mass is 9.94. The Morgan fingerprint density at radius 2 is 1.49 bits per heavy atom. The van der Waals surface area contributed by atoms with E-state index in [0.29, 0.717) is 74.1 Å². The molecule has 12 heteroatoms. The number of nitrogens with one attached hydrogen (secondary N) is 1. The summed E-state index contributed by atoms with van der Waals surface area (Å²) in [4.78, 5) is 43.7. The number of piperidine rings is 1. The molecule has 0 aromatic heterocycles. The summed E-state index contributed by atoms with van der Waals surface area (Å²) in [5.41, 5.74) is 3.06. The fraction of sp³-hybridized carbons (Fsp3) is 0.372. The largest absolute Gasteiger partial charge is 0.493 e. The van der Waals surface area contributed by atoms with E-state index in [1.807, 2.05) is 78.9 Å². The average molecular weight is 752 g/mol. The maximum atomic E-state index is 14.2. The van der Waals surface area contributed by atoms with Crippen LogP contribution >= 0.6 is 0 Å². The number of methoxy groups -OCH3 is 2. The van der Waals surface area contributed by atoms with E-state index in [-0.39, 0.29) is 43.2 Å². The Hall–Kier alpha value is -5.75. The van der Waals surface area contributed by atoms with Crippen LogP contribution in [0.3, 0.4) is 0 Å². The van der Waals surface area contributed by atoms with Crippen LogP contribution in [0.25, 0.3) is 0 Å². The first kappa shape index (κ1) is 39.0. The van der Waals surface area contributed by atoms with Gasteiger partial charge in [0.15, 0.2) is 23.0 Å². The van der Waals surface area contributed by atoms with Gasteiger partial charge in [-0.2, -0.15) is 0 Å². The van der Waals surface area contributed by atoms with Gasteiger partial charge in [0.05, 0.1) is 26.4 Å². The van der Waals surface area contributed by atoms with E-state index in [9.17, 15) is 19.5 Å². The fourth-order valence-electron chi connectivity index (χ4n) is 6.99. The highest BCUT2D eigenvalue weighted by Crippen LogP contribution is 2.39. The highest BCUT2D eigenvalue weighted by molar-refractivity contribution is 5.96. The number of nitrogens with zero attached hydrogens (tertiary/aromatic N) is 2. The lowest BCUT2D eigenvalue weighted by Crippen LogP contribution is -2.52. The van der Waals surface area contributed by atoms with Gasteiger partial charge < -0.3 is 43.9 Å². The van der Waals surface area contributed by atoms with Crippen molar-refractivity contribution in [3.05, 3.63) is 113 Å². The predicted octanol–water partition coefficient (Wildman–Crippen LogP) is 5.04. The zero-order valence-electron chi connectivity index (χ0n) is 31.6. The highest BCUT2D eigenvalue weighted by atomic mass is 16.7. The zero-order chi connectivity index (χ0) is 38.7. The monoisotopic (exact) mass is 751 g/mol. The number of ether oxygens (including phenoxy) is 5. The topological polar surface area (TPSA) is 136 Å². The van der Waals surface area contributed by atoms with Crippen LogP contribution in [0.15, 0.2) is 91.0 Å². The van der Waals surface area contributed by atoms with Crippen molar-refractivity contribution in [2.45, 2.75) is 51.4 Å². The van der Waals surface area contributed by atoms with Gasteiger partial charge >= 0.3 is 0 Å². The third-order valence-corrected chi connectivity index (χ3v) is 10.1. The van der Waals surface area contributed by atoms with Crippen molar-refractivity contribution < 1.29 is 43.2 Å². The van der Waals surface area contributed by atoms with Crippen molar-refractivity contribution in [2.75, 3.05) is 47.2 Å². The number of carbonyl (C=O) groups excluding carboxylic acids is 3. The Morgan fingerprint density at radius 1 is 0.855 bits per heavy atom. The number of aliphatic hydroxyl groups excluding tert-OH is 1. The van der Waals surface area contributed by atoms with E-state index in [4.69, 9.17) is 23.7 Å². The highest BCUT2D eigenvalue weighted by Gasteiger charge is 2.33. The minimum atomic E-state index is -1.14. The molecule has 2 atom stereocenters. The molecule has 0 aliphatic carbocycles. The number of amides is 3. The molecule has 12 nitrogen and oxygen atoms in total. The number of hydrogen-bond acceptors (Lipinski definition) is 9. The molecule has 1 saturated heterocycles. The fourth-order valence-corrected chi connectivity index (χ4v) is 6.99. The quantitative estimate of drug-likeness (QED) is 0.161. The third kappa shape index (κ3) is 10.1. The second-order valence-corrected chi connectivity index (χ2v) is 13.8. The summed E-state index contributed by atoms with van der Waals surface area (Å²) in [5.74, 6) is 1.46. The molecule has 290 valence electrons. The van der Waals surface area contributed by atoms with Crippen LogP contribution in [0.2, 0.25) is 0 Å². The molecule has 55 heavy (non-hydrogen) atoms. The minimum Gasteiger partial charge on any atom is -0.493 e. The first-order valence-electron chi connectivity index (χ1n) is 18.6. The second-order valence-electron chi connectivity index (χ2n) is 13.8. The summed E-state index contributed by atoms with van der Waals surface area (Å²) < 4.78 is 28.4. The Balaban J connectivity index is 1.22. The van der Waals surface area contributed by atoms with Crippen molar-refractivity contribution in [3.63, 3.8) is 0 Å². The Labute approximate surface area is 321 Å². The molecule has 6 rings (SSSR count). The lowest BCUT2D eigenvalue weighted by Gasteiger charge is -2.36. The van der Waals surface area contributed by atoms with Crippen molar-refractivity contribution in [1.29, 1.82) is 0 Å². The van der Waals surface area contributed by atoms with E-state index >= 15 is 0 Å². The van der Waals surface area contributed by atoms with Crippen LogP contribution in [0.5, 0.6) is 28.7 Å². The van der Waals surface area contributed by atoms with Crippen LogP contribution < -0.4 is 29.0 Å². The second kappa shape index (κ2) is 18.5.